The summed E-state index contributed by atoms with van der Waals surface area (Å²) in [5.74, 6) is 0.221. The van der Waals surface area contributed by atoms with Crippen LogP contribution >= 0.6 is 0 Å². The van der Waals surface area contributed by atoms with Crippen molar-refractivity contribution in [1.82, 2.24) is 14.1 Å². The van der Waals surface area contributed by atoms with Crippen LogP contribution in [0.15, 0.2) is 31.0 Å². The zero-order valence-corrected chi connectivity index (χ0v) is 11.8. The molecule has 0 atom stereocenters. The summed E-state index contributed by atoms with van der Waals surface area (Å²) < 4.78 is 4.19. The molecule has 0 N–H and O–H groups in total. The highest BCUT2D eigenvalue weighted by molar-refractivity contribution is 5.95. The maximum atomic E-state index is 11.8. The van der Waals surface area contributed by atoms with Gasteiger partial charge in [-0.1, -0.05) is 6.92 Å². The molecular formula is C15H21N3O. The Morgan fingerprint density at radius 3 is 2.89 bits per heavy atom. The number of Topliss-reactive ketones (excluding diaryl/α,β-unsaturated/α-hetero) is 1. The Hall–Kier alpha value is -1.84. The SMILES string of the molecule is CCCC(=O)c1ccn(Cc2cncn2C(C)C)c1. The van der Waals surface area contributed by atoms with Crippen LogP contribution in [-0.2, 0) is 6.54 Å². The van der Waals surface area contributed by atoms with Gasteiger partial charge >= 0.3 is 0 Å². The average Bonchev–Trinajstić information content (AvgIpc) is 2.99. The lowest BCUT2D eigenvalue weighted by Crippen LogP contribution is -2.07. The average molecular weight is 259 g/mol. The maximum Gasteiger partial charge on any atom is 0.164 e. The predicted molar refractivity (Wildman–Crippen MR) is 75.4 cm³/mol. The van der Waals surface area contributed by atoms with E-state index in [1.54, 1.807) is 0 Å². The summed E-state index contributed by atoms with van der Waals surface area (Å²) in [5, 5.41) is 0. The summed E-state index contributed by atoms with van der Waals surface area (Å²) in [7, 11) is 0. The molecule has 0 aromatic carbocycles. The van der Waals surface area contributed by atoms with Gasteiger partial charge in [-0.15, -0.1) is 0 Å². The monoisotopic (exact) mass is 259 g/mol. The number of carbonyl (C=O) groups excluding carboxylic acids is 1. The van der Waals surface area contributed by atoms with Crippen molar-refractivity contribution in [2.24, 2.45) is 0 Å². The standard InChI is InChI=1S/C15H21N3O/c1-4-5-15(19)13-6-7-17(9-13)10-14-8-16-11-18(14)12(2)3/h6-9,11-12H,4-5,10H2,1-3H3. The van der Waals surface area contributed by atoms with E-state index < -0.39 is 0 Å². The van der Waals surface area contributed by atoms with Gasteiger partial charge in [0.25, 0.3) is 0 Å². The molecule has 0 unspecified atom stereocenters. The van der Waals surface area contributed by atoms with E-state index in [1.165, 1.54) is 0 Å². The zero-order valence-electron chi connectivity index (χ0n) is 11.8. The van der Waals surface area contributed by atoms with Crippen molar-refractivity contribution >= 4 is 5.78 Å². The number of nitrogens with zero attached hydrogens (tertiary/aromatic N) is 3. The fraction of sp³-hybridized carbons (Fsp3) is 0.467. The van der Waals surface area contributed by atoms with Crippen molar-refractivity contribution in [3.63, 3.8) is 0 Å². The largest absolute Gasteiger partial charge is 0.348 e. The van der Waals surface area contributed by atoms with Crippen molar-refractivity contribution < 1.29 is 4.79 Å². The predicted octanol–water partition coefficient (Wildman–Crippen LogP) is 3.30. The molecule has 4 nitrogen and oxygen atoms in total. The highest BCUT2D eigenvalue weighted by atomic mass is 16.1. The smallest absolute Gasteiger partial charge is 0.164 e. The van der Waals surface area contributed by atoms with E-state index in [4.69, 9.17) is 0 Å². The van der Waals surface area contributed by atoms with Crippen LogP contribution in [0.4, 0.5) is 0 Å². The first kappa shape index (κ1) is 13.6. The van der Waals surface area contributed by atoms with Gasteiger partial charge in [-0.2, -0.15) is 0 Å². The van der Waals surface area contributed by atoms with Gasteiger partial charge < -0.3 is 9.13 Å². The number of hydrogen-bond acceptors (Lipinski definition) is 2. The molecule has 2 aromatic heterocycles. The lowest BCUT2D eigenvalue weighted by atomic mass is 10.1. The normalized spacial score (nSPS) is 11.2. The molecule has 4 heteroatoms. The second-order valence-corrected chi connectivity index (χ2v) is 5.13. The molecule has 0 amide bonds. The minimum atomic E-state index is 0.221. The van der Waals surface area contributed by atoms with Crippen LogP contribution in [0.25, 0.3) is 0 Å². The molecule has 2 heterocycles. The Labute approximate surface area is 114 Å². The highest BCUT2D eigenvalue weighted by Gasteiger charge is 2.09. The molecule has 0 aliphatic heterocycles. The number of ketones is 1. The summed E-state index contributed by atoms with van der Waals surface area (Å²) in [4.78, 5) is 16.0. The van der Waals surface area contributed by atoms with Crippen LogP contribution in [0.2, 0.25) is 0 Å². The number of carbonyl (C=O) groups is 1. The molecule has 0 radical (unpaired) electrons. The Morgan fingerprint density at radius 2 is 2.21 bits per heavy atom. The number of hydrogen-bond donors (Lipinski definition) is 0. The fourth-order valence-corrected chi connectivity index (χ4v) is 2.18. The van der Waals surface area contributed by atoms with E-state index in [1.807, 2.05) is 42.5 Å². The van der Waals surface area contributed by atoms with Gasteiger partial charge in [0.1, 0.15) is 0 Å². The number of aromatic nitrogens is 3. The Bertz CT molecular complexity index is 551. The lowest BCUT2D eigenvalue weighted by Gasteiger charge is -2.12. The van der Waals surface area contributed by atoms with Crippen LogP contribution in [0.5, 0.6) is 0 Å². The van der Waals surface area contributed by atoms with Gasteiger partial charge in [0.15, 0.2) is 5.78 Å². The fourth-order valence-electron chi connectivity index (χ4n) is 2.18. The Balaban J connectivity index is 2.11. The molecule has 2 rings (SSSR count). The van der Waals surface area contributed by atoms with Gasteiger partial charge in [-0.05, 0) is 26.3 Å². The molecule has 0 saturated heterocycles. The maximum absolute atomic E-state index is 11.8. The van der Waals surface area contributed by atoms with Crippen LogP contribution in [0, 0.1) is 0 Å². The van der Waals surface area contributed by atoms with Gasteiger partial charge in [0.2, 0.25) is 0 Å². The van der Waals surface area contributed by atoms with Crippen molar-refractivity contribution in [3.05, 3.63) is 42.2 Å². The summed E-state index contributed by atoms with van der Waals surface area (Å²) in [6.07, 6.45) is 9.13. The molecule has 0 bridgehead atoms. The Morgan fingerprint density at radius 1 is 1.42 bits per heavy atom. The van der Waals surface area contributed by atoms with E-state index in [0.29, 0.717) is 12.5 Å². The third-order valence-corrected chi connectivity index (χ3v) is 3.20. The topological polar surface area (TPSA) is 39.8 Å². The molecule has 0 saturated carbocycles. The summed E-state index contributed by atoms with van der Waals surface area (Å²) in [6.45, 7) is 7.04. The van der Waals surface area contributed by atoms with Crippen molar-refractivity contribution in [2.45, 2.75) is 46.2 Å². The van der Waals surface area contributed by atoms with Gasteiger partial charge in [0, 0.05) is 36.6 Å². The van der Waals surface area contributed by atoms with Crippen molar-refractivity contribution in [3.8, 4) is 0 Å². The minimum Gasteiger partial charge on any atom is -0.348 e. The quantitative estimate of drug-likeness (QED) is 0.747. The van der Waals surface area contributed by atoms with E-state index >= 15 is 0 Å². The summed E-state index contributed by atoms with van der Waals surface area (Å²) in [6, 6.07) is 2.29. The highest BCUT2D eigenvalue weighted by Crippen LogP contribution is 2.12. The summed E-state index contributed by atoms with van der Waals surface area (Å²) >= 11 is 0. The molecule has 0 aliphatic carbocycles. The molecular weight excluding hydrogens is 238 g/mol. The minimum absolute atomic E-state index is 0.221. The molecule has 0 fully saturated rings. The molecule has 2 aromatic rings. The van der Waals surface area contributed by atoms with E-state index in [0.717, 1.165) is 24.2 Å². The molecule has 0 spiro atoms. The van der Waals surface area contributed by atoms with E-state index in [2.05, 4.69) is 23.4 Å². The summed E-state index contributed by atoms with van der Waals surface area (Å²) in [5.41, 5.74) is 1.96. The lowest BCUT2D eigenvalue weighted by molar-refractivity contribution is 0.0981. The van der Waals surface area contributed by atoms with Gasteiger partial charge in [-0.3, -0.25) is 4.79 Å². The van der Waals surface area contributed by atoms with Crippen LogP contribution in [-0.4, -0.2) is 19.9 Å². The second kappa shape index (κ2) is 5.87. The second-order valence-electron chi connectivity index (χ2n) is 5.13. The first-order valence-electron chi connectivity index (χ1n) is 6.81. The first-order valence-corrected chi connectivity index (χ1v) is 6.81. The molecule has 19 heavy (non-hydrogen) atoms. The number of rotatable bonds is 6. The first-order chi connectivity index (χ1) is 9.11. The zero-order chi connectivity index (χ0) is 13.8. The van der Waals surface area contributed by atoms with Crippen LogP contribution in [0.1, 0.15) is 55.7 Å². The van der Waals surface area contributed by atoms with E-state index in [-0.39, 0.29) is 5.78 Å². The van der Waals surface area contributed by atoms with E-state index in [9.17, 15) is 4.79 Å². The third kappa shape index (κ3) is 3.13. The van der Waals surface area contributed by atoms with Crippen molar-refractivity contribution in [1.29, 1.82) is 0 Å². The van der Waals surface area contributed by atoms with Crippen molar-refractivity contribution in [2.75, 3.05) is 0 Å². The molecule has 102 valence electrons. The van der Waals surface area contributed by atoms with Gasteiger partial charge in [-0.25, -0.2) is 4.98 Å². The Kier molecular flexibility index (Phi) is 4.20. The van der Waals surface area contributed by atoms with Crippen LogP contribution < -0.4 is 0 Å². The number of imidazole rings is 1. The molecule has 0 aliphatic rings. The van der Waals surface area contributed by atoms with Gasteiger partial charge in [0.05, 0.1) is 18.6 Å². The van der Waals surface area contributed by atoms with Crippen LogP contribution in [0.3, 0.4) is 0 Å². The third-order valence-electron chi connectivity index (χ3n) is 3.20.